The summed E-state index contributed by atoms with van der Waals surface area (Å²) in [5.41, 5.74) is 2.14. The van der Waals surface area contributed by atoms with Crippen molar-refractivity contribution in [2.24, 2.45) is 0 Å². The van der Waals surface area contributed by atoms with E-state index in [9.17, 15) is 9.59 Å². The first-order valence-corrected chi connectivity index (χ1v) is 11.7. The first-order valence-electron chi connectivity index (χ1n) is 9.86. The van der Waals surface area contributed by atoms with Gasteiger partial charge in [0.1, 0.15) is 16.2 Å². The molecule has 0 fully saturated rings. The molecule has 0 saturated heterocycles. The van der Waals surface area contributed by atoms with Gasteiger partial charge in [-0.1, -0.05) is 72.4 Å². The van der Waals surface area contributed by atoms with Crippen LogP contribution >= 0.6 is 23.1 Å². The van der Waals surface area contributed by atoms with Crippen LogP contribution in [0.2, 0.25) is 0 Å². The molecule has 1 unspecified atom stereocenters. The summed E-state index contributed by atoms with van der Waals surface area (Å²) >= 11 is 2.96. The van der Waals surface area contributed by atoms with Gasteiger partial charge < -0.3 is 5.32 Å². The topological polar surface area (TPSA) is 72.0 Å². The van der Waals surface area contributed by atoms with Gasteiger partial charge in [-0.05, 0) is 30.5 Å². The molecule has 0 radical (unpaired) electrons. The molecular formula is C24H21N3O2S2. The lowest BCUT2D eigenvalue weighted by Gasteiger charge is -2.16. The highest BCUT2D eigenvalue weighted by Gasteiger charge is 2.18. The van der Waals surface area contributed by atoms with Gasteiger partial charge in [-0.25, -0.2) is 9.97 Å². The first-order chi connectivity index (χ1) is 15.1. The van der Waals surface area contributed by atoms with Crippen LogP contribution in [-0.2, 0) is 16.0 Å². The van der Waals surface area contributed by atoms with E-state index in [-0.39, 0.29) is 17.4 Å². The first kappa shape index (κ1) is 21.2. The van der Waals surface area contributed by atoms with Crippen LogP contribution in [0, 0.1) is 0 Å². The minimum atomic E-state index is -0.535. The maximum atomic E-state index is 12.6. The number of aromatic nitrogens is 2. The molecule has 0 aliphatic carbocycles. The van der Waals surface area contributed by atoms with Gasteiger partial charge in [0.15, 0.2) is 5.78 Å². The SMILES string of the molecule is CC(=O)C(Cc1ccccc1)NC(=O)CSc1ncnc2sc(-c3ccccc3)cc12. The zero-order valence-corrected chi connectivity index (χ0v) is 18.6. The van der Waals surface area contributed by atoms with Gasteiger partial charge in [-0.15, -0.1) is 11.3 Å². The number of carbonyl (C=O) groups excluding carboxylic acids is 2. The molecular weight excluding hydrogens is 426 g/mol. The third kappa shape index (κ3) is 5.37. The highest BCUT2D eigenvalue weighted by atomic mass is 32.2. The molecule has 2 aromatic heterocycles. The van der Waals surface area contributed by atoms with E-state index in [1.54, 1.807) is 11.3 Å². The van der Waals surface area contributed by atoms with Crippen LogP contribution < -0.4 is 5.32 Å². The lowest BCUT2D eigenvalue weighted by atomic mass is 10.0. The van der Waals surface area contributed by atoms with Gasteiger partial charge in [-0.2, -0.15) is 0 Å². The molecule has 2 heterocycles. The summed E-state index contributed by atoms with van der Waals surface area (Å²) in [5.74, 6) is -0.0651. The van der Waals surface area contributed by atoms with Crippen molar-refractivity contribution in [3.8, 4) is 10.4 Å². The summed E-state index contributed by atoms with van der Waals surface area (Å²) < 4.78 is 0. The number of hydrogen-bond donors (Lipinski definition) is 1. The molecule has 7 heteroatoms. The van der Waals surface area contributed by atoms with Crippen molar-refractivity contribution in [1.29, 1.82) is 0 Å². The Hall–Kier alpha value is -3.03. The largest absolute Gasteiger partial charge is 0.345 e. The van der Waals surface area contributed by atoms with E-state index in [2.05, 4.69) is 33.5 Å². The van der Waals surface area contributed by atoms with Crippen molar-refractivity contribution >= 4 is 45.0 Å². The molecule has 1 N–H and O–H groups in total. The number of amides is 1. The molecule has 2 aromatic carbocycles. The van der Waals surface area contributed by atoms with Crippen LogP contribution in [0.15, 0.2) is 78.1 Å². The standard InChI is InChI=1S/C24H21N3O2S2/c1-16(28)20(12-17-8-4-2-5-9-17)27-22(29)14-30-23-19-13-21(18-10-6-3-7-11-18)31-24(19)26-15-25-23/h2-11,13,15,20H,12,14H2,1H3,(H,27,29). The second-order valence-electron chi connectivity index (χ2n) is 7.08. The Morgan fingerprint density at radius 2 is 1.74 bits per heavy atom. The Kier molecular flexibility index (Phi) is 6.74. The number of carbonyl (C=O) groups is 2. The van der Waals surface area contributed by atoms with Crippen molar-refractivity contribution in [1.82, 2.24) is 15.3 Å². The Labute approximate surface area is 188 Å². The summed E-state index contributed by atoms with van der Waals surface area (Å²) in [6, 6.07) is 21.4. The molecule has 0 spiro atoms. The van der Waals surface area contributed by atoms with Crippen molar-refractivity contribution in [2.75, 3.05) is 5.75 Å². The van der Waals surface area contributed by atoms with E-state index in [0.717, 1.165) is 31.2 Å². The number of thiophene rings is 1. The molecule has 5 nitrogen and oxygen atoms in total. The van der Waals surface area contributed by atoms with Gasteiger partial charge in [0, 0.05) is 10.3 Å². The molecule has 4 rings (SSSR count). The van der Waals surface area contributed by atoms with Crippen LogP contribution in [0.4, 0.5) is 0 Å². The predicted molar refractivity (Wildman–Crippen MR) is 126 cm³/mol. The molecule has 4 aromatic rings. The number of thioether (sulfide) groups is 1. The highest BCUT2D eigenvalue weighted by molar-refractivity contribution is 8.00. The van der Waals surface area contributed by atoms with Crippen LogP contribution in [0.25, 0.3) is 20.7 Å². The summed E-state index contributed by atoms with van der Waals surface area (Å²) in [5, 5.41) is 4.57. The van der Waals surface area contributed by atoms with E-state index in [0.29, 0.717) is 6.42 Å². The van der Waals surface area contributed by atoms with Crippen LogP contribution in [-0.4, -0.2) is 33.5 Å². The Balaban J connectivity index is 1.44. The quantitative estimate of drug-likeness (QED) is 0.311. The maximum Gasteiger partial charge on any atom is 0.231 e. The number of nitrogens with zero attached hydrogens (tertiary/aromatic N) is 2. The predicted octanol–water partition coefficient (Wildman–Crippen LogP) is 4.77. The van der Waals surface area contributed by atoms with Crippen molar-refractivity contribution in [2.45, 2.75) is 24.4 Å². The van der Waals surface area contributed by atoms with Crippen molar-refractivity contribution in [3.63, 3.8) is 0 Å². The summed E-state index contributed by atoms with van der Waals surface area (Å²) in [4.78, 5) is 35.4. The molecule has 1 atom stereocenters. The average Bonchev–Trinajstić information content (AvgIpc) is 3.23. The summed E-state index contributed by atoms with van der Waals surface area (Å²) in [6.45, 7) is 1.51. The molecule has 0 aliphatic rings. The molecule has 1 amide bonds. The number of fused-ring (bicyclic) bond motifs is 1. The zero-order chi connectivity index (χ0) is 21.6. The smallest absolute Gasteiger partial charge is 0.231 e. The third-order valence-electron chi connectivity index (χ3n) is 4.80. The van der Waals surface area contributed by atoms with E-state index in [4.69, 9.17) is 0 Å². The number of benzene rings is 2. The summed E-state index contributed by atoms with van der Waals surface area (Å²) in [7, 11) is 0. The number of nitrogens with one attached hydrogen (secondary N) is 1. The van der Waals surface area contributed by atoms with Crippen molar-refractivity contribution in [3.05, 3.63) is 78.6 Å². The second kappa shape index (κ2) is 9.85. The van der Waals surface area contributed by atoms with Crippen LogP contribution in [0.3, 0.4) is 0 Å². The molecule has 0 aliphatic heterocycles. The average molecular weight is 448 g/mol. The highest BCUT2D eigenvalue weighted by Crippen LogP contribution is 2.35. The zero-order valence-electron chi connectivity index (χ0n) is 16.9. The fourth-order valence-electron chi connectivity index (χ4n) is 3.21. The van der Waals surface area contributed by atoms with Crippen molar-refractivity contribution < 1.29 is 9.59 Å². The van der Waals surface area contributed by atoms with Gasteiger partial charge >= 0.3 is 0 Å². The van der Waals surface area contributed by atoms with Crippen LogP contribution in [0.1, 0.15) is 12.5 Å². The molecule has 0 bridgehead atoms. The maximum absolute atomic E-state index is 12.6. The van der Waals surface area contributed by atoms with Gasteiger partial charge in [0.05, 0.1) is 11.8 Å². The van der Waals surface area contributed by atoms with E-state index < -0.39 is 6.04 Å². The minimum absolute atomic E-state index is 0.0584. The number of rotatable bonds is 8. The third-order valence-corrected chi connectivity index (χ3v) is 6.90. The fourth-order valence-corrected chi connectivity index (χ4v) is 5.06. The van der Waals surface area contributed by atoms with Gasteiger partial charge in [-0.3, -0.25) is 9.59 Å². The lowest BCUT2D eigenvalue weighted by Crippen LogP contribution is -2.42. The van der Waals surface area contributed by atoms with Gasteiger partial charge in [0.25, 0.3) is 0 Å². The van der Waals surface area contributed by atoms with E-state index >= 15 is 0 Å². The lowest BCUT2D eigenvalue weighted by molar-refractivity contribution is -0.125. The molecule has 156 valence electrons. The number of hydrogen-bond acceptors (Lipinski definition) is 6. The molecule has 0 saturated carbocycles. The van der Waals surface area contributed by atoms with E-state index in [1.807, 2.05) is 48.5 Å². The summed E-state index contributed by atoms with van der Waals surface area (Å²) in [6.07, 6.45) is 2.01. The molecule has 31 heavy (non-hydrogen) atoms. The normalized spacial score (nSPS) is 11.9. The van der Waals surface area contributed by atoms with Crippen LogP contribution in [0.5, 0.6) is 0 Å². The number of Topliss-reactive ketones (excluding diaryl/α,β-unsaturated/α-hetero) is 1. The van der Waals surface area contributed by atoms with Gasteiger partial charge in [0.2, 0.25) is 5.91 Å². The Morgan fingerprint density at radius 3 is 2.45 bits per heavy atom. The Morgan fingerprint density at radius 1 is 1.03 bits per heavy atom. The Bertz CT molecular complexity index is 1190. The number of ketones is 1. The minimum Gasteiger partial charge on any atom is -0.345 e. The second-order valence-corrected chi connectivity index (χ2v) is 9.08. The van der Waals surface area contributed by atoms with E-state index in [1.165, 1.54) is 25.0 Å². The monoisotopic (exact) mass is 447 g/mol. The fraction of sp³-hybridized carbons (Fsp3) is 0.167.